The largest absolute Gasteiger partial charge is 0.460 e. The lowest BCUT2D eigenvalue weighted by molar-refractivity contribution is -0.480. The van der Waals surface area contributed by atoms with E-state index in [4.69, 9.17) is 10.3 Å². The third-order valence-electron chi connectivity index (χ3n) is 9.23. The summed E-state index contributed by atoms with van der Waals surface area (Å²) in [5.41, 5.74) is 6.03. The molecule has 382 valence electrons. The Balaban J connectivity index is 0. The van der Waals surface area contributed by atoms with E-state index in [0.29, 0.717) is 5.41 Å². The van der Waals surface area contributed by atoms with E-state index in [1.807, 2.05) is 0 Å². The van der Waals surface area contributed by atoms with Gasteiger partial charge in [-0.25, -0.2) is 0 Å². The minimum Gasteiger partial charge on any atom is -0.330 e. The minimum absolute atomic E-state index is 0.532. The second-order valence-corrected chi connectivity index (χ2v) is 17.1. The molecule has 0 aliphatic rings. The standard InChI is InChI=1S/C21H45N.C12HF25O3S/c1-21(2,3)19-17-15-13-11-9-7-5-4-6-8-10-12-14-16-18-20-22;13-1(14,3(17,18)5(21,22)7(25,26)9(29,30)11(33,34)35)2(15,16)4(19,20)6(23,24)8(27,28)10(31,32)12(36,37)41(38,39)40/h4-20,22H2,1-3H3;(H,38,39,40). The molecule has 0 unspecified atom stereocenters. The van der Waals surface area contributed by atoms with Gasteiger partial charge in [-0.1, -0.05) is 111 Å². The van der Waals surface area contributed by atoms with Gasteiger partial charge in [-0.2, -0.15) is 118 Å². The van der Waals surface area contributed by atoms with Crippen molar-refractivity contribution in [1.29, 1.82) is 0 Å². The van der Waals surface area contributed by atoms with Gasteiger partial charge in [-0.15, -0.1) is 0 Å². The Hall–Kier alpha value is -1.88. The fraction of sp³-hybridized carbons (Fsp3) is 1.00. The molecule has 0 saturated carbocycles. The maximum Gasteiger partial charge on any atom is 0.460 e. The molecule has 0 radical (unpaired) electrons. The summed E-state index contributed by atoms with van der Waals surface area (Å²) in [4.78, 5) is 0. The molecule has 63 heavy (non-hydrogen) atoms. The molecule has 0 amide bonds. The number of rotatable bonds is 27. The summed E-state index contributed by atoms with van der Waals surface area (Å²) in [5.74, 6) is -94.0. The molecule has 0 aromatic heterocycles. The maximum atomic E-state index is 13.5. The van der Waals surface area contributed by atoms with Crippen LogP contribution in [0, 0.1) is 5.41 Å². The maximum absolute atomic E-state index is 13.5. The lowest BCUT2D eigenvalue weighted by Gasteiger charge is -2.45. The summed E-state index contributed by atoms with van der Waals surface area (Å²) in [7, 11) is -8.24. The van der Waals surface area contributed by atoms with Crippen molar-refractivity contribution >= 4 is 10.1 Å². The third kappa shape index (κ3) is 13.0. The topological polar surface area (TPSA) is 80.4 Å². The lowest BCUT2D eigenvalue weighted by atomic mass is 9.85. The van der Waals surface area contributed by atoms with E-state index in [-0.39, 0.29) is 0 Å². The van der Waals surface area contributed by atoms with Crippen molar-refractivity contribution in [3.63, 3.8) is 0 Å². The van der Waals surface area contributed by atoms with Crippen LogP contribution in [0.5, 0.6) is 0 Å². The molecule has 0 aromatic rings. The van der Waals surface area contributed by atoms with E-state index in [1.165, 1.54) is 103 Å². The van der Waals surface area contributed by atoms with Crippen LogP contribution in [0.15, 0.2) is 0 Å². The zero-order valence-electron chi connectivity index (χ0n) is 33.2. The van der Waals surface area contributed by atoms with Gasteiger partial charge in [0.05, 0.1) is 0 Å². The van der Waals surface area contributed by atoms with Gasteiger partial charge in [-0.05, 0) is 24.8 Å². The minimum atomic E-state index is -9.76. The van der Waals surface area contributed by atoms with Crippen molar-refractivity contribution in [2.24, 2.45) is 11.1 Å². The van der Waals surface area contributed by atoms with Gasteiger partial charge in [0.1, 0.15) is 0 Å². The Morgan fingerprint density at radius 1 is 0.333 bits per heavy atom. The molecular weight excluding hydrogens is 965 g/mol. The first kappa shape index (κ1) is 63.2. The van der Waals surface area contributed by atoms with Crippen molar-refractivity contribution in [2.45, 2.75) is 194 Å². The van der Waals surface area contributed by atoms with E-state index in [0.717, 1.165) is 6.54 Å². The highest BCUT2D eigenvalue weighted by Gasteiger charge is 3.00. The number of halogens is 25. The van der Waals surface area contributed by atoms with Crippen LogP contribution in [0.25, 0.3) is 0 Å². The van der Waals surface area contributed by atoms with Gasteiger partial charge in [0.25, 0.3) is 0 Å². The molecule has 0 atom stereocenters. The summed E-state index contributed by atoms with van der Waals surface area (Å²) < 4.78 is 355. The Labute approximate surface area is 345 Å². The first-order chi connectivity index (χ1) is 27.6. The fourth-order valence-corrected chi connectivity index (χ4v) is 5.65. The predicted molar refractivity (Wildman–Crippen MR) is 174 cm³/mol. The van der Waals surface area contributed by atoms with Crippen LogP contribution in [-0.4, -0.2) is 90.2 Å². The van der Waals surface area contributed by atoms with Gasteiger partial charge in [0.15, 0.2) is 0 Å². The molecule has 3 N–H and O–H groups in total. The first-order valence-electron chi connectivity index (χ1n) is 18.5. The molecule has 0 spiro atoms. The van der Waals surface area contributed by atoms with Crippen LogP contribution < -0.4 is 5.73 Å². The van der Waals surface area contributed by atoms with Gasteiger partial charge >= 0.3 is 80.8 Å². The van der Waals surface area contributed by atoms with Crippen LogP contribution in [0.3, 0.4) is 0 Å². The van der Waals surface area contributed by atoms with Crippen molar-refractivity contribution in [2.75, 3.05) is 6.54 Å². The first-order valence-corrected chi connectivity index (χ1v) is 19.9. The van der Waals surface area contributed by atoms with E-state index in [9.17, 15) is 118 Å². The highest BCUT2D eigenvalue weighted by atomic mass is 32.2. The van der Waals surface area contributed by atoms with Crippen LogP contribution >= 0.6 is 0 Å². The SMILES string of the molecule is CC(C)(C)CCCCCCCCCCCCCCCCCN.O=S(=O)(O)C(F)(F)C(F)(F)C(F)(F)C(F)(F)C(F)(F)C(F)(F)C(F)(F)C(F)(F)C(F)(F)C(F)(F)C(F)(F)C(F)(F)F. The Bertz CT molecular complexity index is 1490. The predicted octanol–water partition coefficient (Wildman–Crippen LogP) is 14.6. The molecule has 30 heteroatoms. The molecule has 0 aromatic carbocycles. The molecule has 0 aliphatic carbocycles. The average Bonchev–Trinajstić information content (AvgIpc) is 3.09. The second kappa shape index (κ2) is 21.4. The summed E-state index contributed by atoms with van der Waals surface area (Å²) in [6.45, 7) is 7.93. The van der Waals surface area contributed by atoms with Crippen LogP contribution in [0.4, 0.5) is 110 Å². The number of unbranched alkanes of at least 4 members (excludes halogenated alkanes) is 14. The molecule has 0 fully saturated rings. The lowest BCUT2D eigenvalue weighted by Crippen LogP contribution is -2.78. The van der Waals surface area contributed by atoms with Crippen LogP contribution in [-0.2, 0) is 10.1 Å². The van der Waals surface area contributed by atoms with Crippen molar-refractivity contribution in [3.8, 4) is 0 Å². The smallest absolute Gasteiger partial charge is 0.330 e. The highest BCUT2D eigenvalue weighted by Crippen LogP contribution is 2.68. The highest BCUT2D eigenvalue weighted by molar-refractivity contribution is 7.87. The van der Waals surface area contributed by atoms with E-state index in [2.05, 4.69) is 20.8 Å². The van der Waals surface area contributed by atoms with Crippen molar-refractivity contribution < 1.29 is 123 Å². The molecule has 0 saturated heterocycles. The Morgan fingerprint density at radius 3 is 0.714 bits per heavy atom. The van der Waals surface area contributed by atoms with Gasteiger partial charge < -0.3 is 5.73 Å². The Morgan fingerprint density at radius 2 is 0.524 bits per heavy atom. The van der Waals surface area contributed by atoms with E-state index in [1.54, 1.807) is 0 Å². The van der Waals surface area contributed by atoms with Crippen LogP contribution in [0.1, 0.15) is 124 Å². The summed E-state index contributed by atoms with van der Waals surface area (Å²) in [6.07, 6.45) is 14.6. The molecular formula is C33H46F25NO3S. The average molecular weight is 1010 g/mol. The normalized spacial score (nSPS) is 15.4. The number of hydrogen-bond donors (Lipinski definition) is 2. The molecule has 4 nitrogen and oxygen atoms in total. The molecule has 0 rings (SSSR count). The number of alkyl halides is 25. The van der Waals surface area contributed by atoms with Gasteiger partial charge in [0, 0.05) is 0 Å². The summed E-state index contributed by atoms with van der Waals surface area (Å²) in [6, 6.07) is 0. The molecule has 0 heterocycles. The zero-order chi connectivity index (χ0) is 51.0. The number of nitrogens with two attached hydrogens (primary N) is 1. The van der Waals surface area contributed by atoms with E-state index < -0.39 is 80.8 Å². The Kier molecular flexibility index (Phi) is 21.5. The zero-order valence-corrected chi connectivity index (χ0v) is 34.0. The monoisotopic (exact) mass is 1010 g/mol. The van der Waals surface area contributed by atoms with Gasteiger partial charge in [0.2, 0.25) is 0 Å². The molecule has 0 bridgehead atoms. The van der Waals surface area contributed by atoms with Crippen LogP contribution in [0.2, 0.25) is 0 Å². The fourth-order valence-electron chi connectivity index (χ4n) is 5.20. The summed E-state index contributed by atoms with van der Waals surface area (Å²) in [5, 5.41) is -8.22. The third-order valence-corrected chi connectivity index (χ3v) is 10.1. The van der Waals surface area contributed by atoms with Crippen molar-refractivity contribution in [1.82, 2.24) is 0 Å². The van der Waals surface area contributed by atoms with E-state index >= 15 is 0 Å². The second-order valence-electron chi connectivity index (χ2n) is 15.6. The molecule has 0 aliphatic heterocycles. The van der Waals surface area contributed by atoms with Crippen molar-refractivity contribution in [3.05, 3.63) is 0 Å². The van der Waals surface area contributed by atoms with Gasteiger partial charge in [-0.3, -0.25) is 4.55 Å². The summed E-state index contributed by atoms with van der Waals surface area (Å²) >= 11 is 0. The number of hydrogen-bond acceptors (Lipinski definition) is 3. The quantitative estimate of drug-likeness (QED) is 0.0488.